The van der Waals surface area contributed by atoms with Crippen LogP contribution in [0.3, 0.4) is 0 Å². The predicted molar refractivity (Wildman–Crippen MR) is 37.8 cm³/mol. The average Bonchev–Trinajstić information content (AvgIpc) is 2.46. The van der Waals surface area contributed by atoms with Gasteiger partial charge in [0, 0.05) is 6.42 Å². The summed E-state index contributed by atoms with van der Waals surface area (Å²) in [4.78, 5) is 10.4. The number of carboxylic acids is 1. The Balaban J connectivity index is 2.68. The van der Waals surface area contributed by atoms with Crippen molar-refractivity contribution in [3.05, 3.63) is 17.5 Å². The molecule has 0 aromatic carbocycles. The van der Waals surface area contributed by atoms with E-state index < -0.39 is 25.0 Å². The van der Waals surface area contributed by atoms with Crippen molar-refractivity contribution in [1.29, 1.82) is 0 Å². The van der Waals surface area contributed by atoms with Crippen LogP contribution in [-0.4, -0.2) is 22.4 Å². The van der Waals surface area contributed by atoms with Crippen LogP contribution in [0.15, 0.2) is 10.7 Å². The number of nitrogens with zero attached hydrogens (tertiary/aromatic N) is 1. The van der Waals surface area contributed by atoms with Gasteiger partial charge in [0.15, 0.2) is 5.76 Å². The molecule has 0 saturated heterocycles. The molecule has 1 aromatic heterocycles. The number of carboxylic acid groups (broad SMARTS) is 1. The molecule has 1 N–H and O–H groups in total. The van der Waals surface area contributed by atoms with Crippen LogP contribution in [0.1, 0.15) is 22.5 Å². The monoisotopic (exact) mass is 209 g/mol. The molecular formula is C7H6F3NO3. The highest BCUT2D eigenvalue weighted by Crippen LogP contribution is 2.23. The first kappa shape index (κ1) is 10.6. The van der Waals surface area contributed by atoms with E-state index in [1.807, 2.05) is 0 Å². The smallest absolute Gasteiger partial charge is 0.389 e. The van der Waals surface area contributed by atoms with E-state index in [1.54, 1.807) is 0 Å². The standard InChI is InChI=1S/C7H6F3NO3/c8-7(9,10)2-1-5-4(6(12)13)3-11-14-5/h3H,1-2H2,(H,12,13). The van der Waals surface area contributed by atoms with Crippen molar-refractivity contribution in [2.24, 2.45) is 0 Å². The van der Waals surface area contributed by atoms with E-state index >= 15 is 0 Å². The van der Waals surface area contributed by atoms with Gasteiger partial charge in [0.1, 0.15) is 5.56 Å². The van der Waals surface area contributed by atoms with E-state index in [0.29, 0.717) is 0 Å². The highest BCUT2D eigenvalue weighted by Gasteiger charge is 2.28. The second kappa shape index (κ2) is 3.69. The lowest BCUT2D eigenvalue weighted by Gasteiger charge is -2.03. The van der Waals surface area contributed by atoms with Crippen molar-refractivity contribution in [3.63, 3.8) is 0 Å². The summed E-state index contributed by atoms with van der Waals surface area (Å²) in [6, 6.07) is 0. The molecule has 0 spiro atoms. The number of aromatic carboxylic acids is 1. The van der Waals surface area contributed by atoms with Crippen LogP contribution in [0.2, 0.25) is 0 Å². The van der Waals surface area contributed by atoms with Crippen molar-refractivity contribution in [3.8, 4) is 0 Å². The molecule has 0 unspecified atom stereocenters. The first-order valence-corrected chi connectivity index (χ1v) is 3.64. The molecule has 0 bridgehead atoms. The van der Waals surface area contributed by atoms with Crippen molar-refractivity contribution in [1.82, 2.24) is 5.16 Å². The van der Waals surface area contributed by atoms with Gasteiger partial charge in [0.2, 0.25) is 0 Å². The van der Waals surface area contributed by atoms with Crippen LogP contribution in [-0.2, 0) is 6.42 Å². The fraction of sp³-hybridized carbons (Fsp3) is 0.429. The minimum Gasteiger partial charge on any atom is -0.478 e. The molecule has 14 heavy (non-hydrogen) atoms. The first-order chi connectivity index (χ1) is 6.40. The number of hydrogen-bond acceptors (Lipinski definition) is 3. The summed E-state index contributed by atoms with van der Waals surface area (Å²) in [5.74, 6) is -1.60. The van der Waals surface area contributed by atoms with Crippen molar-refractivity contribution < 1.29 is 27.6 Å². The Bertz CT molecular complexity index is 331. The summed E-state index contributed by atoms with van der Waals surface area (Å²) < 4.78 is 39.7. The number of aromatic nitrogens is 1. The number of rotatable bonds is 3. The number of halogens is 3. The topological polar surface area (TPSA) is 63.3 Å². The summed E-state index contributed by atoms with van der Waals surface area (Å²) >= 11 is 0. The van der Waals surface area contributed by atoms with Gasteiger partial charge in [-0.2, -0.15) is 13.2 Å². The van der Waals surface area contributed by atoms with E-state index in [-0.39, 0.29) is 11.3 Å². The molecule has 0 aliphatic heterocycles. The Kier molecular flexibility index (Phi) is 2.78. The third-order valence-electron chi connectivity index (χ3n) is 1.51. The highest BCUT2D eigenvalue weighted by molar-refractivity contribution is 5.88. The summed E-state index contributed by atoms with van der Waals surface area (Å²) in [7, 11) is 0. The third-order valence-corrected chi connectivity index (χ3v) is 1.51. The molecule has 0 atom stereocenters. The summed E-state index contributed by atoms with van der Waals surface area (Å²) in [5, 5.41) is 11.6. The van der Waals surface area contributed by atoms with Crippen molar-refractivity contribution in [2.45, 2.75) is 19.0 Å². The number of alkyl halides is 3. The molecule has 7 heteroatoms. The molecular weight excluding hydrogens is 203 g/mol. The van der Waals surface area contributed by atoms with Crippen molar-refractivity contribution in [2.75, 3.05) is 0 Å². The normalized spacial score (nSPS) is 11.6. The Hall–Kier alpha value is -1.53. The predicted octanol–water partition coefficient (Wildman–Crippen LogP) is 1.87. The molecule has 0 radical (unpaired) electrons. The molecule has 1 rings (SSSR count). The maximum atomic E-state index is 11.8. The van der Waals surface area contributed by atoms with Gasteiger partial charge < -0.3 is 9.63 Å². The zero-order valence-electron chi connectivity index (χ0n) is 6.84. The van der Waals surface area contributed by atoms with Gasteiger partial charge in [-0.15, -0.1) is 0 Å². The van der Waals surface area contributed by atoms with Gasteiger partial charge in [-0.3, -0.25) is 0 Å². The highest BCUT2D eigenvalue weighted by atomic mass is 19.4. The molecule has 0 aliphatic carbocycles. The zero-order chi connectivity index (χ0) is 10.8. The zero-order valence-corrected chi connectivity index (χ0v) is 6.84. The number of aryl methyl sites for hydroxylation is 1. The van der Waals surface area contributed by atoms with Crippen LogP contribution < -0.4 is 0 Å². The minimum absolute atomic E-state index is 0.255. The number of carbonyl (C=O) groups is 1. The maximum Gasteiger partial charge on any atom is 0.389 e. The van der Waals surface area contributed by atoms with Crippen LogP contribution >= 0.6 is 0 Å². The molecule has 0 saturated carbocycles. The summed E-state index contributed by atoms with van der Waals surface area (Å²) in [6.45, 7) is 0. The summed E-state index contributed by atoms with van der Waals surface area (Å²) in [6.07, 6.45) is -5.08. The van der Waals surface area contributed by atoms with E-state index in [9.17, 15) is 18.0 Å². The van der Waals surface area contributed by atoms with Gasteiger partial charge in [-0.05, 0) is 0 Å². The second-order valence-corrected chi connectivity index (χ2v) is 2.58. The SMILES string of the molecule is O=C(O)c1cnoc1CCC(F)(F)F. The molecule has 78 valence electrons. The lowest BCUT2D eigenvalue weighted by Crippen LogP contribution is -2.09. The quantitative estimate of drug-likeness (QED) is 0.825. The fourth-order valence-corrected chi connectivity index (χ4v) is 0.874. The van der Waals surface area contributed by atoms with E-state index in [1.165, 1.54) is 0 Å². The van der Waals surface area contributed by atoms with E-state index in [0.717, 1.165) is 6.20 Å². The molecule has 1 heterocycles. The first-order valence-electron chi connectivity index (χ1n) is 3.64. The van der Waals surface area contributed by atoms with Crippen LogP contribution in [0.25, 0.3) is 0 Å². The van der Waals surface area contributed by atoms with E-state index in [4.69, 9.17) is 5.11 Å². The molecule has 4 nitrogen and oxygen atoms in total. The van der Waals surface area contributed by atoms with Gasteiger partial charge in [-0.1, -0.05) is 5.16 Å². The largest absolute Gasteiger partial charge is 0.478 e. The lowest BCUT2D eigenvalue weighted by molar-refractivity contribution is -0.134. The third kappa shape index (κ3) is 2.75. The molecule has 0 amide bonds. The molecule has 1 aromatic rings. The van der Waals surface area contributed by atoms with Crippen LogP contribution in [0, 0.1) is 0 Å². The summed E-state index contributed by atoms with van der Waals surface area (Å²) in [5.41, 5.74) is -0.325. The Morgan fingerprint density at radius 2 is 2.21 bits per heavy atom. The lowest BCUT2D eigenvalue weighted by atomic mass is 10.2. The van der Waals surface area contributed by atoms with Gasteiger partial charge in [0.25, 0.3) is 0 Å². The minimum atomic E-state index is -4.33. The Morgan fingerprint density at radius 1 is 1.57 bits per heavy atom. The number of hydrogen-bond donors (Lipinski definition) is 1. The Labute approximate surface area is 76.3 Å². The Morgan fingerprint density at radius 3 is 2.71 bits per heavy atom. The maximum absolute atomic E-state index is 11.8. The van der Waals surface area contributed by atoms with Gasteiger partial charge in [-0.25, -0.2) is 4.79 Å². The van der Waals surface area contributed by atoms with Crippen LogP contribution in [0.4, 0.5) is 13.2 Å². The van der Waals surface area contributed by atoms with Gasteiger partial charge >= 0.3 is 12.1 Å². The van der Waals surface area contributed by atoms with Crippen LogP contribution in [0.5, 0.6) is 0 Å². The molecule has 0 fully saturated rings. The van der Waals surface area contributed by atoms with Gasteiger partial charge in [0.05, 0.1) is 12.6 Å². The van der Waals surface area contributed by atoms with Crippen molar-refractivity contribution >= 4 is 5.97 Å². The average molecular weight is 209 g/mol. The van der Waals surface area contributed by atoms with E-state index in [2.05, 4.69) is 9.68 Å². The fourth-order valence-electron chi connectivity index (χ4n) is 0.874. The molecule has 0 aliphatic rings. The second-order valence-electron chi connectivity index (χ2n) is 2.58.